The highest BCUT2D eigenvalue weighted by Gasteiger charge is 2.14. The van der Waals surface area contributed by atoms with Gasteiger partial charge in [0.05, 0.1) is 5.75 Å². The summed E-state index contributed by atoms with van der Waals surface area (Å²) in [6.45, 7) is 6.09. The SMILES string of the molecule is CCc1nnc(SCC(=O)O)n1-c1cc(C)cc(C)c1. The quantitative estimate of drug-likeness (QED) is 0.858. The third kappa shape index (κ3) is 3.19. The van der Waals surface area contributed by atoms with Crippen molar-refractivity contribution < 1.29 is 9.90 Å². The van der Waals surface area contributed by atoms with Crippen LogP contribution in [0.4, 0.5) is 0 Å². The summed E-state index contributed by atoms with van der Waals surface area (Å²) in [5.74, 6) is -0.0435. The molecule has 1 aromatic heterocycles. The second kappa shape index (κ2) is 6.09. The van der Waals surface area contributed by atoms with Crippen molar-refractivity contribution in [1.82, 2.24) is 14.8 Å². The number of benzene rings is 1. The van der Waals surface area contributed by atoms with Crippen LogP contribution in [0.25, 0.3) is 5.69 Å². The first-order valence-electron chi connectivity index (χ1n) is 6.38. The molecule has 6 heteroatoms. The Bertz CT molecular complexity index is 617. The molecule has 0 fully saturated rings. The van der Waals surface area contributed by atoms with Gasteiger partial charge >= 0.3 is 5.97 Å². The Morgan fingerprint density at radius 3 is 2.45 bits per heavy atom. The molecule has 106 valence electrons. The molecule has 0 atom stereocenters. The molecule has 20 heavy (non-hydrogen) atoms. The van der Waals surface area contributed by atoms with Gasteiger partial charge in [0.15, 0.2) is 5.16 Å². The maximum absolute atomic E-state index is 10.7. The third-order valence-electron chi connectivity index (χ3n) is 2.81. The molecule has 0 saturated carbocycles. The van der Waals surface area contributed by atoms with Crippen molar-refractivity contribution >= 4 is 17.7 Å². The molecule has 0 radical (unpaired) electrons. The van der Waals surface area contributed by atoms with Crippen LogP contribution >= 0.6 is 11.8 Å². The van der Waals surface area contributed by atoms with E-state index in [1.165, 1.54) is 11.8 Å². The average Bonchev–Trinajstić information content (AvgIpc) is 2.77. The largest absolute Gasteiger partial charge is 0.481 e. The van der Waals surface area contributed by atoms with Gasteiger partial charge in [0.25, 0.3) is 0 Å². The van der Waals surface area contributed by atoms with E-state index in [-0.39, 0.29) is 5.75 Å². The van der Waals surface area contributed by atoms with Crippen molar-refractivity contribution in [2.75, 3.05) is 5.75 Å². The van der Waals surface area contributed by atoms with Crippen LogP contribution in [0.5, 0.6) is 0 Å². The minimum Gasteiger partial charge on any atom is -0.481 e. The Balaban J connectivity index is 2.47. The fraction of sp³-hybridized carbons (Fsp3) is 0.357. The minimum absolute atomic E-state index is 0.0212. The van der Waals surface area contributed by atoms with Crippen LogP contribution in [0.15, 0.2) is 23.4 Å². The fourth-order valence-electron chi connectivity index (χ4n) is 2.09. The summed E-state index contributed by atoms with van der Waals surface area (Å²) in [5, 5.41) is 17.7. The predicted octanol–water partition coefficient (Wildman–Crippen LogP) is 2.62. The number of hydrogen-bond donors (Lipinski definition) is 1. The molecular weight excluding hydrogens is 274 g/mol. The van der Waals surface area contributed by atoms with E-state index in [0.29, 0.717) is 5.16 Å². The van der Waals surface area contributed by atoms with E-state index in [4.69, 9.17) is 5.11 Å². The van der Waals surface area contributed by atoms with Gasteiger partial charge in [0, 0.05) is 12.1 Å². The lowest BCUT2D eigenvalue weighted by molar-refractivity contribution is -0.133. The summed E-state index contributed by atoms with van der Waals surface area (Å²) in [7, 11) is 0. The predicted molar refractivity (Wildman–Crippen MR) is 78.6 cm³/mol. The van der Waals surface area contributed by atoms with Gasteiger partial charge in [-0.15, -0.1) is 10.2 Å². The van der Waals surface area contributed by atoms with Crippen molar-refractivity contribution in [2.24, 2.45) is 0 Å². The number of carboxylic acids is 1. The molecule has 0 unspecified atom stereocenters. The number of hydrogen-bond acceptors (Lipinski definition) is 4. The molecule has 0 spiro atoms. The number of rotatable bonds is 5. The van der Waals surface area contributed by atoms with Crippen LogP contribution in [0.2, 0.25) is 0 Å². The first-order valence-corrected chi connectivity index (χ1v) is 7.37. The van der Waals surface area contributed by atoms with Gasteiger partial charge in [-0.25, -0.2) is 0 Å². The van der Waals surface area contributed by atoms with Gasteiger partial charge in [-0.1, -0.05) is 24.8 Å². The number of aliphatic carboxylic acids is 1. The van der Waals surface area contributed by atoms with Crippen molar-refractivity contribution in [3.63, 3.8) is 0 Å². The summed E-state index contributed by atoms with van der Waals surface area (Å²) in [6.07, 6.45) is 0.744. The molecule has 5 nitrogen and oxygen atoms in total. The summed E-state index contributed by atoms with van der Waals surface area (Å²) >= 11 is 1.19. The summed E-state index contributed by atoms with van der Waals surface area (Å²) in [6, 6.07) is 6.21. The van der Waals surface area contributed by atoms with E-state index in [2.05, 4.69) is 28.4 Å². The Morgan fingerprint density at radius 2 is 1.90 bits per heavy atom. The van der Waals surface area contributed by atoms with E-state index >= 15 is 0 Å². The van der Waals surface area contributed by atoms with Crippen LogP contribution in [0.1, 0.15) is 23.9 Å². The standard InChI is InChI=1S/C14H17N3O2S/c1-4-12-15-16-14(20-8-13(18)19)17(12)11-6-9(2)5-10(3)7-11/h5-7H,4,8H2,1-3H3,(H,18,19). The first-order chi connectivity index (χ1) is 9.51. The summed E-state index contributed by atoms with van der Waals surface area (Å²) < 4.78 is 1.94. The Hall–Kier alpha value is -1.82. The molecule has 2 aromatic rings. The second-order valence-electron chi connectivity index (χ2n) is 4.62. The summed E-state index contributed by atoms with van der Waals surface area (Å²) in [4.78, 5) is 10.7. The van der Waals surface area contributed by atoms with Crippen molar-refractivity contribution in [1.29, 1.82) is 0 Å². The monoisotopic (exact) mass is 291 g/mol. The van der Waals surface area contributed by atoms with Crippen molar-refractivity contribution in [2.45, 2.75) is 32.3 Å². The van der Waals surface area contributed by atoms with Crippen LogP contribution in [-0.4, -0.2) is 31.6 Å². The van der Waals surface area contributed by atoms with Gasteiger partial charge in [0.2, 0.25) is 0 Å². The lowest BCUT2D eigenvalue weighted by atomic mass is 10.1. The molecule has 1 aromatic carbocycles. The maximum atomic E-state index is 10.7. The van der Waals surface area contributed by atoms with Crippen molar-refractivity contribution in [3.05, 3.63) is 35.2 Å². The molecule has 1 N–H and O–H groups in total. The van der Waals surface area contributed by atoms with Gasteiger partial charge in [0.1, 0.15) is 5.82 Å². The topological polar surface area (TPSA) is 68.0 Å². The Morgan fingerprint density at radius 1 is 1.25 bits per heavy atom. The zero-order valence-electron chi connectivity index (χ0n) is 11.8. The van der Waals surface area contributed by atoms with Gasteiger partial charge in [-0.05, 0) is 37.1 Å². The van der Waals surface area contributed by atoms with E-state index < -0.39 is 5.97 Å². The zero-order chi connectivity index (χ0) is 14.7. The molecule has 0 bridgehead atoms. The van der Waals surface area contributed by atoms with Gasteiger partial charge < -0.3 is 5.11 Å². The smallest absolute Gasteiger partial charge is 0.313 e. The van der Waals surface area contributed by atoms with Crippen LogP contribution in [0.3, 0.4) is 0 Å². The lowest BCUT2D eigenvalue weighted by Crippen LogP contribution is -2.05. The highest BCUT2D eigenvalue weighted by atomic mass is 32.2. The van der Waals surface area contributed by atoms with Crippen LogP contribution in [-0.2, 0) is 11.2 Å². The molecule has 0 aliphatic heterocycles. The van der Waals surface area contributed by atoms with E-state index in [1.807, 2.05) is 25.3 Å². The molecule has 0 aliphatic carbocycles. The molecule has 1 heterocycles. The van der Waals surface area contributed by atoms with E-state index in [1.54, 1.807) is 0 Å². The highest BCUT2D eigenvalue weighted by molar-refractivity contribution is 7.99. The maximum Gasteiger partial charge on any atom is 0.313 e. The third-order valence-corrected chi connectivity index (χ3v) is 3.72. The normalized spacial score (nSPS) is 10.8. The minimum atomic E-state index is -0.858. The highest BCUT2D eigenvalue weighted by Crippen LogP contribution is 2.23. The molecule has 2 rings (SSSR count). The summed E-state index contributed by atoms with van der Waals surface area (Å²) in [5.41, 5.74) is 3.30. The number of aromatic nitrogens is 3. The van der Waals surface area contributed by atoms with Gasteiger partial charge in [-0.3, -0.25) is 9.36 Å². The number of carbonyl (C=O) groups is 1. The number of aryl methyl sites for hydroxylation is 3. The van der Waals surface area contributed by atoms with Gasteiger partial charge in [-0.2, -0.15) is 0 Å². The first kappa shape index (κ1) is 14.6. The van der Waals surface area contributed by atoms with E-state index in [9.17, 15) is 4.79 Å². The molecule has 0 saturated heterocycles. The molecular formula is C14H17N3O2S. The molecule has 0 amide bonds. The van der Waals surface area contributed by atoms with Crippen LogP contribution < -0.4 is 0 Å². The zero-order valence-corrected chi connectivity index (χ0v) is 12.6. The van der Waals surface area contributed by atoms with Crippen molar-refractivity contribution in [3.8, 4) is 5.69 Å². The number of thioether (sulfide) groups is 1. The lowest BCUT2D eigenvalue weighted by Gasteiger charge is -2.10. The number of carboxylic acid groups (broad SMARTS) is 1. The average molecular weight is 291 g/mol. The van der Waals surface area contributed by atoms with E-state index in [0.717, 1.165) is 29.1 Å². The fourth-order valence-corrected chi connectivity index (χ4v) is 2.78. The second-order valence-corrected chi connectivity index (χ2v) is 5.56. The Labute approximate surface area is 122 Å². The van der Waals surface area contributed by atoms with Crippen LogP contribution in [0, 0.1) is 13.8 Å². The Kier molecular flexibility index (Phi) is 4.44. The number of nitrogens with zero attached hydrogens (tertiary/aromatic N) is 3. The molecule has 0 aliphatic rings.